The van der Waals surface area contributed by atoms with Crippen LogP contribution in [0, 0.1) is 5.92 Å². The average molecular weight is 403 g/mol. The third-order valence-electron chi connectivity index (χ3n) is 6.60. The van der Waals surface area contributed by atoms with Gasteiger partial charge in [-0.15, -0.1) is 11.8 Å². The van der Waals surface area contributed by atoms with Gasteiger partial charge in [-0.1, -0.05) is 0 Å². The first kappa shape index (κ1) is 19.6. The lowest BCUT2D eigenvalue weighted by Crippen LogP contribution is -2.56. The highest BCUT2D eigenvalue weighted by Gasteiger charge is 2.44. The molecule has 3 aliphatic rings. The fourth-order valence-electron chi connectivity index (χ4n) is 4.64. The minimum atomic E-state index is -0.219. The lowest BCUT2D eigenvalue weighted by Gasteiger charge is -2.41. The predicted molar refractivity (Wildman–Crippen MR) is 112 cm³/mol. The Morgan fingerprint density at radius 2 is 1.93 bits per heavy atom. The fraction of sp³-hybridized carbons (Fsp3) is 0.667. The summed E-state index contributed by atoms with van der Waals surface area (Å²) in [6.07, 6.45) is 11.5. The topological polar surface area (TPSA) is 65.5 Å². The normalized spacial score (nSPS) is 26.6. The van der Waals surface area contributed by atoms with Gasteiger partial charge >= 0.3 is 0 Å². The summed E-state index contributed by atoms with van der Waals surface area (Å²) in [5.74, 6) is 0.473. The zero-order valence-electron chi connectivity index (χ0n) is 16.6. The molecule has 1 N–H and O–H groups in total. The molecule has 1 aromatic heterocycles. The second-order valence-corrected chi connectivity index (χ2v) is 9.48. The van der Waals surface area contributed by atoms with E-state index < -0.39 is 0 Å². The van der Waals surface area contributed by atoms with Crippen LogP contribution in [0.3, 0.4) is 0 Å². The van der Waals surface area contributed by atoms with Crippen molar-refractivity contribution in [3.63, 3.8) is 0 Å². The Hall–Kier alpha value is -1.76. The van der Waals surface area contributed by atoms with Crippen LogP contribution in [0.5, 0.6) is 0 Å². The van der Waals surface area contributed by atoms with E-state index in [0.29, 0.717) is 6.54 Å². The molecule has 0 aromatic carbocycles. The molecule has 3 fully saturated rings. The summed E-state index contributed by atoms with van der Waals surface area (Å²) in [4.78, 5) is 34.2. The van der Waals surface area contributed by atoms with Gasteiger partial charge in [0, 0.05) is 50.3 Å². The number of thioether (sulfide) groups is 1. The monoisotopic (exact) mass is 402 g/mol. The first-order valence-electron chi connectivity index (χ1n) is 10.4. The maximum atomic E-state index is 13.1. The smallest absolute Gasteiger partial charge is 0.236 e. The van der Waals surface area contributed by atoms with Gasteiger partial charge in [0.2, 0.25) is 11.8 Å². The van der Waals surface area contributed by atoms with E-state index in [1.165, 1.54) is 0 Å². The minimum Gasteiger partial charge on any atom is -0.371 e. The summed E-state index contributed by atoms with van der Waals surface area (Å²) in [6, 6.07) is 4.09. The second-order valence-electron chi connectivity index (χ2n) is 8.29. The molecule has 1 aromatic rings. The number of carbonyl (C=O) groups excluding carboxylic acids is 2. The summed E-state index contributed by atoms with van der Waals surface area (Å²) < 4.78 is -0.219. The van der Waals surface area contributed by atoms with Crippen molar-refractivity contribution < 1.29 is 9.59 Å². The molecule has 1 aliphatic carbocycles. The predicted octanol–water partition coefficient (Wildman–Crippen LogP) is 2.30. The molecule has 0 radical (unpaired) electrons. The van der Waals surface area contributed by atoms with Crippen LogP contribution in [0.4, 0.5) is 5.69 Å². The summed E-state index contributed by atoms with van der Waals surface area (Å²) >= 11 is 1.68. The van der Waals surface area contributed by atoms with E-state index in [2.05, 4.69) is 15.2 Å². The molecule has 28 heavy (non-hydrogen) atoms. The zero-order valence-corrected chi connectivity index (χ0v) is 17.4. The Kier molecular flexibility index (Phi) is 5.80. The number of piperidine rings is 1. The van der Waals surface area contributed by atoms with Crippen LogP contribution in [0.15, 0.2) is 24.5 Å². The number of hydrogen-bond acceptors (Lipinski definition) is 5. The van der Waals surface area contributed by atoms with Crippen molar-refractivity contribution in [3.05, 3.63) is 24.5 Å². The highest BCUT2D eigenvalue weighted by atomic mass is 32.2. The molecule has 2 aliphatic heterocycles. The summed E-state index contributed by atoms with van der Waals surface area (Å²) in [5, 5.41) is 3.25. The molecule has 152 valence electrons. The number of amides is 2. The van der Waals surface area contributed by atoms with Gasteiger partial charge in [0.05, 0.1) is 10.7 Å². The number of pyridine rings is 1. The van der Waals surface area contributed by atoms with Gasteiger partial charge in [-0.05, 0) is 56.9 Å². The highest BCUT2D eigenvalue weighted by Crippen LogP contribution is 2.43. The number of carbonyl (C=O) groups is 2. The van der Waals surface area contributed by atoms with Gasteiger partial charge < -0.3 is 15.1 Å². The van der Waals surface area contributed by atoms with Crippen molar-refractivity contribution in [2.75, 3.05) is 37.3 Å². The third kappa shape index (κ3) is 3.86. The maximum Gasteiger partial charge on any atom is 0.236 e. The number of hydrogen-bond donors (Lipinski definition) is 1. The maximum absolute atomic E-state index is 13.1. The average Bonchev–Trinajstić information content (AvgIpc) is 3.18. The van der Waals surface area contributed by atoms with Gasteiger partial charge in [-0.3, -0.25) is 14.6 Å². The molecule has 2 unspecified atom stereocenters. The van der Waals surface area contributed by atoms with Crippen molar-refractivity contribution in [3.8, 4) is 0 Å². The van der Waals surface area contributed by atoms with Crippen LogP contribution in [0.2, 0.25) is 0 Å². The summed E-state index contributed by atoms with van der Waals surface area (Å²) in [6.45, 7) is 3.14. The van der Waals surface area contributed by atoms with Gasteiger partial charge in [-0.2, -0.15) is 0 Å². The van der Waals surface area contributed by atoms with E-state index >= 15 is 0 Å². The van der Waals surface area contributed by atoms with Gasteiger partial charge in [0.15, 0.2) is 0 Å². The molecular weight excluding hydrogens is 372 g/mol. The number of aromatic nitrogens is 1. The summed E-state index contributed by atoms with van der Waals surface area (Å²) in [5.41, 5.74) is 1.14. The van der Waals surface area contributed by atoms with E-state index in [0.717, 1.165) is 63.8 Å². The third-order valence-corrected chi connectivity index (χ3v) is 7.97. The fourth-order valence-corrected chi connectivity index (χ4v) is 5.58. The van der Waals surface area contributed by atoms with Crippen LogP contribution in [0.1, 0.15) is 38.5 Å². The van der Waals surface area contributed by atoms with E-state index in [1.54, 1.807) is 24.2 Å². The largest absolute Gasteiger partial charge is 0.371 e. The SMILES string of the molecule is CSC1(C(=O)NC2CCCN(C(=O)C3CCN(c4ccncc4)C3)C2)CCC1. The number of nitrogens with zero attached hydrogens (tertiary/aromatic N) is 3. The second kappa shape index (κ2) is 8.31. The van der Waals surface area contributed by atoms with E-state index in [-0.39, 0.29) is 28.5 Å². The first-order valence-corrected chi connectivity index (χ1v) is 11.6. The van der Waals surface area contributed by atoms with Gasteiger partial charge in [0.1, 0.15) is 0 Å². The molecular formula is C21H30N4O2S. The minimum absolute atomic E-state index is 0.0480. The van der Waals surface area contributed by atoms with Crippen LogP contribution in [-0.4, -0.2) is 64.9 Å². The van der Waals surface area contributed by atoms with Crippen LogP contribution >= 0.6 is 11.8 Å². The first-order chi connectivity index (χ1) is 13.6. The van der Waals surface area contributed by atoms with E-state index in [4.69, 9.17) is 0 Å². The molecule has 6 nitrogen and oxygen atoms in total. The number of likely N-dealkylation sites (tertiary alicyclic amines) is 1. The van der Waals surface area contributed by atoms with Crippen molar-refractivity contribution in [2.45, 2.75) is 49.3 Å². The summed E-state index contributed by atoms with van der Waals surface area (Å²) in [7, 11) is 0. The molecule has 3 heterocycles. The zero-order chi connectivity index (χ0) is 19.6. The number of rotatable bonds is 5. The Morgan fingerprint density at radius 1 is 1.14 bits per heavy atom. The Bertz CT molecular complexity index is 704. The quantitative estimate of drug-likeness (QED) is 0.819. The van der Waals surface area contributed by atoms with Crippen LogP contribution in [-0.2, 0) is 9.59 Å². The molecule has 4 rings (SSSR count). The standard InChI is InChI=1S/C21H30N4O2S/c1-28-21(8-3-9-21)20(27)23-17-4-2-12-25(15-17)19(26)16-7-13-24(14-16)18-5-10-22-11-6-18/h5-6,10-11,16-17H,2-4,7-9,12-15H2,1H3,(H,23,27). The number of anilines is 1. The Labute approximate surface area is 171 Å². The Balaban J connectivity index is 1.32. The molecule has 2 atom stereocenters. The van der Waals surface area contributed by atoms with Crippen molar-refractivity contribution in [2.24, 2.45) is 5.92 Å². The van der Waals surface area contributed by atoms with Gasteiger partial charge in [-0.25, -0.2) is 0 Å². The van der Waals surface area contributed by atoms with E-state index in [1.807, 2.05) is 23.3 Å². The molecule has 2 amide bonds. The van der Waals surface area contributed by atoms with Crippen LogP contribution < -0.4 is 10.2 Å². The lowest BCUT2D eigenvalue weighted by atomic mass is 9.83. The van der Waals surface area contributed by atoms with Crippen LogP contribution in [0.25, 0.3) is 0 Å². The van der Waals surface area contributed by atoms with Crippen molar-refractivity contribution in [1.29, 1.82) is 0 Å². The Morgan fingerprint density at radius 3 is 2.61 bits per heavy atom. The molecule has 7 heteroatoms. The highest BCUT2D eigenvalue weighted by molar-refractivity contribution is 8.00. The van der Waals surface area contributed by atoms with Gasteiger partial charge in [0.25, 0.3) is 0 Å². The molecule has 2 saturated heterocycles. The van der Waals surface area contributed by atoms with Crippen molar-refractivity contribution >= 4 is 29.3 Å². The molecule has 0 bridgehead atoms. The molecule has 0 spiro atoms. The lowest BCUT2D eigenvalue weighted by molar-refractivity contribution is -0.137. The van der Waals surface area contributed by atoms with E-state index in [9.17, 15) is 9.59 Å². The molecule has 1 saturated carbocycles. The number of nitrogens with one attached hydrogen (secondary N) is 1. The van der Waals surface area contributed by atoms with Crippen molar-refractivity contribution in [1.82, 2.24) is 15.2 Å².